The van der Waals surface area contributed by atoms with Crippen LogP contribution in [0.4, 0.5) is 5.69 Å². The quantitative estimate of drug-likeness (QED) is 0.860. The standard InChI is InChI=1S/C16H21N3O2/c1-19-9-6-11-2-3-13(10-14(11)16(19)21)18-15(20)12-4-7-17-8-5-12/h2-3,10,12,17H,4-9H2,1H3,(H,18,20). The molecule has 1 aromatic rings. The first-order valence-electron chi connectivity index (χ1n) is 7.55. The van der Waals surface area contributed by atoms with Crippen molar-refractivity contribution in [3.05, 3.63) is 29.3 Å². The van der Waals surface area contributed by atoms with Crippen molar-refractivity contribution in [3.8, 4) is 0 Å². The van der Waals surface area contributed by atoms with Gasteiger partial charge in [-0.2, -0.15) is 0 Å². The van der Waals surface area contributed by atoms with Gasteiger partial charge in [-0.25, -0.2) is 0 Å². The van der Waals surface area contributed by atoms with Crippen LogP contribution in [0.15, 0.2) is 18.2 Å². The van der Waals surface area contributed by atoms with Crippen LogP contribution in [0, 0.1) is 5.92 Å². The van der Waals surface area contributed by atoms with Gasteiger partial charge in [-0.1, -0.05) is 6.07 Å². The smallest absolute Gasteiger partial charge is 0.253 e. The lowest BCUT2D eigenvalue weighted by Gasteiger charge is -2.26. The lowest BCUT2D eigenvalue weighted by molar-refractivity contribution is -0.120. The molecule has 2 amide bonds. The van der Waals surface area contributed by atoms with Crippen molar-refractivity contribution in [1.82, 2.24) is 10.2 Å². The van der Waals surface area contributed by atoms with E-state index in [1.54, 1.807) is 4.90 Å². The molecule has 3 rings (SSSR count). The highest BCUT2D eigenvalue weighted by molar-refractivity contribution is 5.99. The first kappa shape index (κ1) is 14.1. The molecule has 0 unspecified atom stereocenters. The third-order valence-electron chi connectivity index (χ3n) is 4.38. The fourth-order valence-corrected chi connectivity index (χ4v) is 3.00. The van der Waals surface area contributed by atoms with Gasteiger partial charge in [-0.3, -0.25) is 9.59 Å². The SMILES string of the molecule is CN1CCc2ccc(NC(=O)C3CCNCC3)cc2C1=O. The van der Waals surface area contributed by atoms with Gasteiger partial charge in [-0.15, -0.1) is 0 Å². The van der Waals surface area contributed by atoms with Crippen LogP contribution in [0.2, 0.25) is 0 Å². The molecule has 21 heavy (non-hydrogen) atoms. The van der Waals surface area contributed by atoms with Crippen LogP contribution in [-0.2, 0) is 11.2 Å². The van der Waals surface area contributed by atoms with Crippen LogP contribution in [0.3, 0.4) is 0 Å². The maximum atomic E-state index is 12.2. The van der Waals surface area contributed by atoms with Gasteiger partial charge >= 0.3 is 0 Å². The summed E-state index contributed by atoms with van der Waals surface area (Å²) in [5, 5.41) is 6.21. The van der Waals surface area contributed by atoms with Gasteiger partial charge in [0.15, 0.2) is 0 Å². The lowest BCUT2D eigenvalue weighted by atomic mass is 9.96. The van der Waals surface area contributed by atoms with Crippen molar-refractivity contribution in [2.24, 2.45) is 5.92 Å². The van der Waals surface area contributed by atoms with Gasteiger partial charge in [0.2, 0.25) is 5.91 Å². The monoisotopic (exact) mass is 287 g/mol. The van der Waals surface area contributed by atoms with Crippen molar-refractivity contribution in [3.63, 3.8) is 0 Å². The number of likely N-dealkylation sites (N-methyl/N-ethyl adjacent to an activating group) is 1. The number of nitrogens with one attached hydrogen (secondary N) is 2. The summed E-state index contributed by atoms with van der Waals surface area (Å²) >= 11 is 0. The van der Waals surface area contributed by atoms with Gasteiger partial charge < -0.3 is 15.5 Å². The van der Waals surface area contributed by atoms with Gasteiger partial charge in [-0.05, 0) is 50.0 Å². The Kier molecular flexibility index (Phi) is 3.92. The fourth-order valence-electron chi connectivity index (χ4n) is 3.00. The molecule has 2 N–H and O–H groups in total. The molecule has 0 aliphatic carbocycles. The average Bonchev–Trinajstić information content (AvgIpc) is 2.52. The Morgan fingerprint density at radius 2 is 2.10 bits per heavy atom. The molecule has 0 bridgehead atoms. The molecule has 5 heteroatoms. The number of carbonyl (C=O) groups excluding carboxylic acids is 2. The molecule has 1 saturated heterocycles. The van der Waals surface area contributed by atoms with E-state index in [4.69, 9.17) is 0 Å². The predicted molar refractivity (Wildman–Crippen MR) is 81.3 cm³/mol. The van der Waals surface area contributed by atoms with E-state index in [1.165, 1.54) is 0 Å². The highest BCUT2D eigenvalue weighted by Crippen LogP contribution is 2.23. The largest absolute Gasteiger partial charge is 0.341 e. The van der Waals surface area contributed by atoms with Gasteiger partial charge in [0.1, 0.15) is 0 Å². The van der Waals surface area contributed by atoms with Crippen LogP contribution >= 0.6 is 0 Å². The van der Waals surface area contributed by atoms with E-state index in [9.17, 15) is 9.59 Å². The molecular weight excluding hydrogens is 266 g/mol. The zero-order valence-corrected chi connectivity index (χ0v) is 12.3. The van der Waals surface area contributed by atoms with E-state index in [-0.39, 0.29) is 17.7 Å². The Balaban J connectivity index is 1.74. The number of carbonyl (C=O) groups is 2. The summed E-state index contributed by atoms with van der Waals surface area (Å²) in [6.07, 6.45) is 2.62. The maximum absolute atomic E-state index is 12.2. The van der Waals surface area contributed by atoms with Crippen molar-refractivity contribution in [1.29, 1.82) is 0 Å². The normalized spacial score (nSPS) is 19.3. The minimum absolute atomic E-state index is 0.0363. The Morgan fingerprint density at radius 1 is 1.33 bits per heavy atom. The summed E-state index contributed by atoms with van der Waals surface area (Å²) < 4.78 is 0. The zero-order chi connectivity index (χ0) is 14.8. The molecule has 0 atom stereocenters. The molecular formula is C16H21N3O2. The summed E-state index contributed by atoms with van der Waals surface area (Å²) in [6, 6.07) is 5.67. The second kappa shape index (κ2) is 5.85. The predicted octanol–water partition coefficient (Wildman–Crippen LogP) is 1.25. The van der Waals surface area contributed by atoms with E-state index in [0.29, 0.717) is 5.56 Å². The molecule has 112 valence electrons. The van der Waals surface area contributed by atoms with Crippen LogP contribution < -0.4 is 10.6 Å². The number of piperidine rings is 1. The molecule has 2 aliphatic rings. The average molecular weight is 287 g/mol. The number of amides is 2. The number of hydrogen-bond donors (Lipinski definition) is 2. The first-order valence-corrected chi connectivity index (χ1v) is 7.55. The molecule has 2 aliphatic heterocycles. The van der Waals surface area contributed by atoms with Crippen molar-refractivity contribution in [2.45, 2.75) is 19.3 Å². The Labute approximate surface area is 124 Å². The van der Waals surface area contributed by atoms with E-state index < -0.39 is 0 Å². The molecule has 1 fully saturated rings. The highest BCUT2D eigenvalue weighted by Gasteiger charge is 2.24. The van der Waals surface area contributed by atoms with E-state index in [2.05, 4.69) is 10.6 Å². The van der Waals surface area contributed by atoms with Gasteiger partial charge in [0.05, 0.1) is 0 Å². The molecule has 5 nitrogen and oxygen atoms in total. The second-order valence-corrected chi connectivity index (χ2v) is 5.86. The highest BCUT2D eigenvalue weighted by atomic mass is 16.2. The minimum Gasteiger partial charge on any atom is -0.341 e. The van der Waals surface area contributed by atoms with E-state index in [1.807, 2.05) is 25.2 Å². The minimum atomic E-state index is 0.0363. The van der Waals surface area contributed by atoms with Crippen LogP contribution in [0.1, 0.15) is 28.8 Å². The molecule has 2 heterocycles. The summed E-state index contributed by atoms with van der Waals surface area (Å²) in [5.74, 6) is 0.169. The van der Waals surface area contributed by atoms with E-state index >= 15 is 0 Å². The number of nitrogens with zero attached hydrogens (tertiary/aromatic N) is 1. The van der Waals surface area contributed by atoms with Gasteiger partial charge in [0, 0.05) is 30.8 Å². The van der Waals surface area contributed by atoms with Crippen molar-refractivity contribution >= 4 is 17.5 Å². The van der Waals surface area contributed by atoms with Crippen LogP contribution in [-0.4, -0.2) is 43.4 Å². The summed E-state index contributed by atoms with van der Waals surface area (Å²) in [6.45, 7) is 2.55. The number of hydrogen-bond acceptors (Lipinski definition) is 3. The molecule has 0 radical (unpaired) electrons. The fraction of sp³-hybridized carbons (Fsp3) is 0.500. The summed E-state index contributed by atoms with van der Waals surface area (Å²) in [5.41, 5.74) is 2.51. The summed E-state index contributed by atoms with van der Waals surface area (Å²) in [7, 11) is 1.81. The Bertz CT molecular complexity index is 565. The zero-order valence-electron chi connectivity index (χ0n) is 12.3. The van der Waals surface area contributed by atoms with Crippen LogP contribution in [0.5, 0.6) is 0 Å². The molecule has 0 aromatic heterocycles. The number of benzene rings is 1. The topological polar surface area (TPSA) is 61.4 Å². The molecule has 0 saturated carbocycles. The molecule has 0 spiro atoms. The van der Waals surface area contributed by atoms with Crippen LogP contribution in [0.25, 0.3) is 0 Å². The lowest BCUT2D eigenvalue weighted by Crippen LogP contribution is -2.35. The third kappa shape index (κ3) is 2.93. The van der Waals surface area contributed by atoms with E-state index in [0.717, 1.165) is 50.1 Å². The number of fused-ring (bicyclic) bond motifs is 1. The third-order valence-corrected chi connectivity index (χ3v) is 4.38. The maximum Gasteiger partial charge on any atom is 0.253 e. The second-order valence-electron chi connectivity index (χ2n) is 5.86. The van der Waals surface area contributed by atoms with Crippen molar-refractivity contribution in [2.75, 3.05) is 32.0 Å². The Hall–Kier alpha value is -1.88. The summed E-state index contributed by atoms with van der Waals surface area (Å²) in [4.78, 5) is 26.1. The number of rotatable bonds is 2. The van der Waals surface area contributed by atoms with Crippen molar-refractivity contribution < 1.29 is 9.59 Å². The molecule has 1 aromatic carbocycles. The Morgan fingerprint density at radius 3 is 2.86 bits per heavy atom. The first-order chi connectivity index (χ1) is 10.1. The number of anilines is 1. The van der Waals surface area contributed by atoms with Gasteiger partial charge in [0.25, 0.3) is 5.91 Å².